The maximum atomic E-state index is 12.3. The maximum absolute atomic E-state index is 12.3. The van der Waals surface area contributed by atoms with Crippen LogP contribution in [0.25, 0.3) is 0 Å². The molecule has 1 saturated heterocycles. The normalized spacial score (nSPS) is 13.7. The molecular formula is C22H26N2O4S. The molecule has 0 aromatic heterocycles. The Bertz CT molecular complexity index is 894. The average molecular weight is 415 g/mol. The van der Waals surface area contributed by atoms with Gasteiger partial charge in [-0.3, -0.25) is 4.79 Å². The zero-order valence-corrected chi connectivity index (χ0v) is 17.8. The van der Waals surface area contributed by atoms with Crippen molar-refractivity contribution in [2.45, 2.75) is 13.8 Å². The summed E-state index contributed by atoms with van der Waals surface area (Å²) in [5, 5.41) is 2.89. The number of nitrogens with one attached hydrogen (secondary N) is 1. The van der Waals surface area contributed by atoms with E-state index in [4.69, 9.17) is 26.4 Å². The highest BCUT2D eigenvalue weighted by Crippen LogP contribution is 2.29. The number of benzene rings is 2. The number of amides is 1. The molecule has 1 fully saturated rings. The van der Waals surface area contributed by atoms with Crippen molar-refractivity contribution in [1.29, 1.82) is 0 Å². The van der Waals surface area contributed by atoms with Gasteiger partial charge in [-0.25, -0.2) is 0 Å². The molecule has 29 heavy (non-hydrogen) atoms. The van der Waals surface area contributed by atoms with E-state index in [2.05, 4.69) is 10.2 Å². The molecule has 154 valence electrons. The zero-order valence-electron chi connectivity index (χ0n) is 17.0. The Morgan fingerprint density at radius 2 is 1.90 bits per heavy atom. The van der Waals surface area contributed by atoms with E-state index in [1.165, 1.54) is 0 Å². The molecule has 3 rings (SSSR count). The van der Waals surface area contributed by atoms with Crippen LogP contribution in [-0.4, -0.2) is 55.8 Å². The van der Waals surface area contributed by atoms with Gasteiger partial charge in [0, 0.05) is 24.3 Å². The fraction of sp³-hybridized carbons (Fsp3) is 0.364. The highest BCUT2D eigenvalue weighted by molar-refractivity contribution is 7.80. The molecule has 0 bridgehead atoms. The molecule has 0 radical (unpaired) electrons. The molecule has 1 N–H and O–H groups in total. The van der Waals surface area contributed by atoms with Crippen molar-refractivity contribution in [1.82, 2.24) is 4.90 Å². The number of rotatable bonds is 6. The Labute approximate surface area is 176 Å². The average Bonchev–Trinajstić information content (AvgIpc) is 2.74. The van der Waals surface area contributed by atoms with E-state index in [1.54, 1.807) is 13.2 Å². The highest BCUT2D eigenvalue weighted by atomic mass is 32.1. The van der Waals surface area contributed by atoms with Crippen LogP contribution >= 0.6 is 12.2 Å². The first kappa shape index (κ1) is 21.1. The number of anilines is 1. The predicted molar refractivity (Wildman–Crippen MR) is 117 cm³/mol. The molecule has 0 aliphatic carbocycles. The van der Waals surface area contributed by atoms with Gasteiger partial charge in [-0.1, -0.05) is 24.4 Å². The van der Waals surface area contributed by atoms with Crippen molar-refractivity contribution in [3.8, 4) is 11.5 Å². The second-order valence-electron chi connectivity index (χ2n) is 6.93. The minimum absolute atomic E-state index is 0.114. The van der Waals surface area contributed by atoms with E-state index in [9.17, 15) is 4.79 Å². The van der Waals surface area contributed by atoms with E-state index in [-0.39, 0.29) is 12.5 Å². The predicted octanol–water partition coefficient (Wildman–Crippen LogP) is 3.34. The molecule has 6 nitrogen and oxygen atoms in total. The standard InChI is InChI=1S/C22H26N2O4S/c1-15-4-5-16(2)18(12-15)23-21(25)14-28-19-7-6-17(13-20(19)26-3)22(29)24-8-10-27-11-9-24/h4-7,12-13H,8-11,14H2,1-3H3,(H,23,25). The number of hydrogen-bond acceptors (Lipinski definition) is 5. The summed E-state index contributed by atoms with van der Waals surface area (Å²) in [6.07, 6.45) is 0. The SMILES string of the molecule is COc1cc(C(=S)N2CCOCC2)ccc1OCC(=O)Nc1cc(C)ccc1C. The highest BCUT2D eigenvalue weighted by Gasteiger charge is 2.17. The van der Waals surface area contributed by atoms with Crippen LogP contribution in [-0.2, 0) is 9.53 Å². The van der Waals surface area contributed by atoms with Gasteiger partial charge in [-0.05, 0) is 49.2 Å². The van der Waals surface area contributed by atoms with Crippen LogP contribution in [0.3, 0.4) is 0 Å². The molecule has 0 atom stereocenters. The minimum atomic E-state index is -0.228. The van der Waals surface area contributed by atoms with Crippen LogP contribution in [0.15, 0.2) is 36.4 Å². The molecule has 1 amide bonds. The van der Waals surface area contributed by atoms with Crippen molar-refractivity contribution < 1.29 is 19.0 Å². The fourth-order valence-electron chi connectivity index (χ4n) is 3.07. The molecule has 0 unspecified atom stereocenters. The number of nitrogens with zero attached hydrogens (tertiary/aromatic N) is 1. The van der Waals surface area contributed by atoms with E-state index in [1.807, 2.05) is 44.2 Å². The number of carbonyl (C=O) groups is 1. The monoisotopic (exact) mass is 414 g/mol. The van der Waals surface area contributed by atoms with Gasteiger partial charge >= 0.3 is 0 Å². The van der Waals surface area contributed by atoms with Gasteiger partial charge in [0.05, 0.1) is 20.3 Å². The molecular weight excluding hydrogens is 388 g/mol. The van der Waals surface area contributed by atoms with Crippen molar-refractivity contribution >= 4 is 28.8 Å². The topological polar surface area (TPSA) is 60.0 Å². The Morgan fingerprint density at radius 3 is 2.62 bits per heavy atom. The molecule has 2 aromatic rings. The summed E-state index contributed by atoms with van der Waals surface area (Å²) in [7, 11) is 1.57. The molecule has 2 aromatic carbocycles. The van der Waals surface area contributed by atoms with Gasteiger partial charge < -0.3 is 24.4 Å². The Morgan fingerprint density at radius 1 is 1.14 bits per heavy atom. The first-order chi connectivity index (χ1) is 14.0. The van der Waals surface area contributed by atoms with Gasteiger partial charge in [0.15, 0.2) is 18.1 Å². The van der Waals surface area contributed by atoms with Gasteiger partial charge in [0.2, 0.25) is 0 Å². The number of thiocarbonyl (C=S) groups is 1. The third kappa shape index (κ3) is 5.46. The van der Waals surface area contributed by atoms with E-state index >= 15 is 0 Å². The Balaban J connectivity index is 1.63. The van der Waals surface area contributed by atoms with Crippen molar-refractivity contribution in [2.24, 2.45) is 0 Å². The van der Waals surface area contributed by atoms with Gasteiger partial charge in [0.1, 0.15) is 4.99 Å². The number of ether oxygens (including phenoxy) is 3. The largest absolute Gasteiger partial charge is 0.493 e. The van der Waals surface area contributed by atoms with Crippen LogP contribution in [0, 0.1) is 13.8 Å². The summed E-state index contributed by atoms with van der Waals surface area (Å²) < 4.78 is 16.5. The fourth-order valence-corrected chi connectivity index (χ4v) is 3.38. The van der Waals surface area contributed by atoms with Crippen LogP contribution in [0.2, 0.25) is 0 Å². The van der Waals surface area contributed by atoms with E-state index in [0.717, 1.165) is 40.5 Å². The second-order valence-corrected chi connectivity index (χ2v) is 7.31. The molecule has 0 spiro atoms. The number of carbonyl (C=O) groups excluding carboxylic acids is 1. The summed E-state index contributed by atoms with van der Waals surface area (Å²) in [6.45, 7) is 6.73. The Hall–Kier alpha value is -2.64. The summed E-state index contributed by atoms with van der Waals surface area (Å²) in [4.78, 5) is 15.2. The van der Waals surface area contributed by atoms with Crippen LogP contribution < -0.4 is 14.8 Å². The zero-order chi connectivity index (χ0) is 20.8. The smallest absolute Gasteiger partial charge is 0.262 e. The lowest BCUT2D eigenvalue weighted by atomic mass is 10.1. The number of aryl methyl sites for hydroxylation is 2. The third-order valence-electron chi connectivity index (χ3n) is 4.73. The van der Waals surface area contributed by atoms with Crippen molar-refractivity contribution in [3.05, 3.63) is 53.1 Å². The number of methoxy groups -OCH3 is 1. The lowest BCUT2D eigenvalue weighted by molar-refractivity contribution is -0.118. The summed E-state index contributed by atoms with van der Waals surface area (Å²) in [5.41, 5.74) is 3.76. The molecule has 1 heterocycles. The molecule has 7 heteroatoms. The van der Waals surface area contributed by atoms with Crippen LogP contribution in [0.1, 0.15) is 16.7 Å². The summed E-state index contributed by atoms with van der Waals surface area (Å²) >= 11 is 5.60. The van der Waals surface area contributed by atoms with Gasteiger partial charge in [-0.15, -0.1) is 0 Å². The molecule has 1 aliphatic rings. The van der Waals surface area contributed by atoms with Crippen molar-refractivity contribution in [3.63, 3.8) is 0 Å². The van der Waals surface area contributed by atoms with Crippen molar-refractivity contribution in [2.75, 3.05) is 45.3 Å². The lowest BCUT2D eigenvalue weighted by Gasteiger charge is -2.29. The first-order valence-corrected chi connectivity index (χ1v) is 9.93. The Kier molecular flexibility index (Phi) is 7.06. The van der Waals surface area contributed by atoms with Crippen LogP contribution in [0.4, 0.5) is 5.69 Å². The first-order valence-electron chi connectivity index (χ1n) is 9.53. The van der Waals surface area contributed by atoms with Gasteiger partial charge in [0.25, 0.3) is 5.91 Å². The second kappa shape index (κ2) is 9.71. The van der Waals surface area contributed by atoms with Gasteiger partial charge in [-0.2, -0.15) is 0 Å². The molecule has 1 aliphatic heterocycles. The minimum Gasteiger partial charge on any atom is -0.493 e. The lowest BCUT2D eigenvalue weighted by Crippen LogP contribution is -2.40. The quantitative estimate of drug-likeness (QED) is 0.732. The maximum Gasteiger partial charge on any atom is 0.262 e. The third-order valence-corrected chi connectivity index (χ3v) is 5.23. The summed E-state index contributed by atoms with van der Waals surface area (Å²) in [5.74, 6) is 0.809. The van der Waals surface area contributed by atoms with E-state index in [0.29, 0.717) is 24.7 Å². The van der Waals surface area contributed by atoms with E-state index < -0.39 is 0 Å². The van der Waals surface area contributed by atoms with Crippen LogP contribution in [0.5, 0.6) is 11.5 Å². The molecule has 0 saturated carbocycles. The number of hydrogen-bond donors (Lipinski definition) is 1. The summed E-state index contributed by atoms with van der Waals surface area (Å²) in [6, 6.07) is 11.4. The number of morpholine rings is 1.